The molecule has 6 nitrogen and oxygen atoms in total. The Kier molecular flexibility index (Phi) is 4.32. The lowest BCUT2D eigenvalue weighted by atomic mass is 10.1. The standard InChI is InChI=1S/C20H22N4O2/c1-23-18-12-21-9-7-17(18)22-20(23)15-8-10-24(13-15)19(25)11-14-3-5-16(26-2)6-4-14/h3-7,9,12,15H,8,10-11,13H2,1-2H3. The average molecular weight is 350 g/mol. The molecule has 6 heteroatoms. The van der Waals surface area contributed by atoms with Gasteiger partial charge in [-0.2, -0.15) is 0 Å². The van der Waals surface area contributed by atoms with Crippen molar-refractivity contribution in [1.82, 2.24) is 19.4 Å². The first-order valence-electron chi connectivity index (χ1n) is 8.82. The lowest BCUT2D eigenvalue weighted by Crippen LogP contribution is -2.30. The SMILES string of the molecule is COc1ccc(CC(=O)N2CCC(c3nc4ccncc4n3C)C2)cc1. The number of hydrogen-bond acceptors (Lipinski definition) is 4. The van der Waals surface area contributed by atoms with Crippen molar-refractivity contribution in [2.45, 2.75) is 18.8 Å². The minimum absolute atomic E-state index is 0.165. The molecule has 2 aromatic heterocycles. The summed E-state index contributed by atoms with van der Waals surface area (Å²) in [5, 5.41) is 0. The summed E-state index contributed by atoms with van der Waals surface area (Å²) in [7, 11) is 3.66. The number of rotatable bonds is 4. The summed E-state index contributed by atoms with van der Waals surface area (Å²) in [4.78, 5) is 23.6. The van der Waals surface area contributed by atoms with Crippen molar-refractivity contribution in [3.63, 3.8) is 0 Å². The zero-order valence-corrected chi connectivity index (χ0v) is 15.1. The summed E-state index contributed by atoms with van der Waals surface area (Å²) in [6, 6.07) is 9.61. The molecule has 1 saturated heterocycles. The fourth-order valence-electron chi connectivity index (χ4n) is 3.65. The van der Waals surface area contributed by atoms with Gasteiger partial charge in [0.2, 0.25) is 5.91 Å². The van der Waals surface area contributed by atoms with Crippen molar-refractivity contribution in [2.24, 2.45) is 7.05 Å². The third kappa shape index (κ3) is 3.03. The topological polar surface area (TPSA) is 60.2 Å². The number of ether oxygens (including phenoxy) is 1. The van der Waals surface area contributed by atoms with Crippen LogP contribution in [-0.2, 0) is 18.3 Å². The summed E-state index contributed by atoms with van der Waals surface area (Å²) in [5.41, 5.74) is 3.00. The van der Waals surface area contributed by atoms with E-state index in [-0.39, 0.29) is 11.8 Å². The first-order valence-corrected chi connectivity index (χ1v) is 8.82. The van der Waals surface area contributed by atoms with Crippen LogP contribution in [0.4, 0.5) is 0 Å². The Balaban J connectivity index is 1.45. The van der Waals surface area contributed by atoms with Gasteiger partial charge in [-0.3, -0.25) is 9.78 Å². The number of aromatic nitrogens is 3. The van der Waals surface area contributed by atoms with Crippen LogP contribution in [0.25, 0.3) is 11.0 Å². The van der Waals surface area contributed by atoms with E-state index in [4.69, 9.17) is 9.72 Å². The van der Waals surface area contributed by atoms with E-state index in [1.165, 1.54) is 0 Å². The first kappa shape index (κ1) is 16.6. The number of nitrogens with zero attached hydrogens (tertiary/aromatic N) is 4. The minimum atomic E-state index is 0.165. The molecule has 0 aliphatic carbocycles. The molecule has 134 valence electrons. The van der Waals surface area contributed by atoms with Crippen LogP contribution in [0, 0.1) is 0 Å². The minimum Gasteiger partial charge on any atom is -0.497 e. The maximum Gasteiger partial charge on any atom is 0.227 e. The first-order chi connectivity index (χ1) is 12.7. The van der Waals surface area contributed by atoms with Crippen molar-refractivity contribution < 1.29 is 9.53 Å². The predicted octanol–water partition coefficient (Wildman–Crippen LogP) is 2.54. The summed E-state index contributed by atoms with van der Waals surface area (Å²) in [5.74, 6) is 2.27. The Morgan fingerprint density at radius 3 is 2.81 bits per heavy atom. The Morgan fingerprint density at radius 1 is 1.27 bits per heavy atom. The van der Waals surface area contributed by atoms with Gasteiger partial charge in [-0.1, -0.05) is 12.1 Å². The Morgan fingerprint density at radius 2 is 2.08 bits per heavy atom. The molecule has 0 radical (unpaired) electrons. The molecule has 0 saturated carbocycles. The van der Waals surface area contributed by atoms with E-state index in [0.29, 0.717) is 6.42 Å². The van der Waals surface area contributed by atoms with Crippen LogP contribution in [-0.4, -0.2) is 45.5 Å². The number of likely N-dealkylation sites (tertiary alicyclic amines) is 1. The van der Waals surface area contributed by atoms with Gasteiger partial charge >= 0.3 is 0 Å². The Bertz CT molecular complexity index is 933. The molecule has 1 fully saturated rings. The predicted molar refractivity (Wildman–Crippen MR) is 99.1 cm³/mol. The van der Waals surface area contributed by atoms with Crippen molar-refractivity contribution in [3.8, 4) is 5.75 Å². The van der Waals surface area contributed by atoms with E-state index in [1.807, 2.05) is 48.5 Å². The number of amides is 1. The van der Waals surface area contributed by atoms with Crippen LogP contribution in [0.3, 0.4) is 0 Å². The summed E-state index contributed by atoms with van der Waals surface area (Å²) in [6.45, 7) is 1.50. The van der Waals surface area contributed by atoms with Gasteiger partial charge in [-0.25, -0.2) is 4.98 Å². The Hall–Kier alpha value is -2.89. The second-order valence-electron chi connectivity index (χ2n) is 6.74. The molecule has 1 aromatic carbocycles. The zero-order valence-electron chi connectivity index (χ0n) is 15.1. The summed E-state index contributed by atoms with van der Waals surface area (Å²) < 4.78 is 7.27. The second-order valence-corrected chi connectivity index (χ2v) is 6.74. The van der Waals surface area contributed by atoms with Crippen molar-refractivity contribution in [3.05, 3.63) is 54.1 Å². The van der Waals surface area contributed by atoms with E-state index in [1.54, 1.807) is 13.3 Å². The van der Waals surface area contributed by atoms with Crippen molar-refractivity contribution in [2.75, 3.05) is 20.2 Å². The molecule has 1 unspecified atom stereocenters. The third-order valence-electron chi connectivity index (χ3n) is 5.14. The van der Waals surface area contributed by atoms with E-state index >= 15 is 0 Å². The fraction of sp³-hybridized carbons (Fsp3) is 0.350. The molecule has 1 aliphatic heterocycles. The van der Waals surface area contributed by atoms with Crippen LogP contribution in [0.2, 0.25) is 0 Å². The molecule has 0 bridgehead atoms. The lowest BCUT2D eigenvalue weighted by molar-refractivity contribution is -0.129. The number of pyridine rings is 1. The van der Waals surface area contributed by atoms with Gasteiger partial charge in [-0.15, -0.1) is 0 Å². The highest BCUT2D eigenvalue weighted by atomic mass is 16.5. The van der Waals surface area contributed by atoms with E-state index < -0.39 is 0 Å². The molecule has 1 amide bonds. The van der Waals surface area contributed by atoms with Crippen LogP contribution < -0.4 is 4.74 Å². The number of imidazole rings is 1. The van der Waals surface area contributed by atoms with Crippen LogP contribution in [0.15, 0.2) is 42.7 Å². The smallest absolute Gasteiger partial charge is 0.227 e. The lowest BCUT2D eigenvalue weighted by Gasteiger charge is -2.17. The maximum absolute atomic E-state index is 12.7. The van der Waals surface area contributed by atoms with Gasteiger partial charge in [0.05, 0.1) is 30.8 Å². The molecule has 3 heterocycles. The molecule has 4 rings (SSSR count). The quantitative estimate of drug-likeness (QED) is 0.725. The molecule has 0 spiro atoms. The maximum atomic E-state index is 12.7. The number of carbonyl (C=O) groups is 1. The average Bonchev–Trinajstić information content (AvgIpc) is 3.28. The number of hydrogen-bond donors (Lipinski definition) is 0. The monoisotopic (exact) mass is 350 g/mol. The van der Waals surface area contributed by atoms with Gasteiger partial charge in [0.1, 0.15) is 11.6 Å². The number of carbonyl (C=O) groups excluding carboxylic acids is 1. The molecular formula is C20H22N4O2. The molecule has 3 aromatic rings. The molecule has 1 atom stereocenters. The largest absolute Gasteiger partial charge is 0.497 e. The van der Waals surface area contributed by atoms with E-state index in [9.17, 15) is 4.79 Å². The summed E-state index contributed by atoms with van der Waals surface area (Å²) in [6.07, 6.45) is 4.97. The van der Waals surface area contributed by atoms with Crippen LogP contribution in [0.1, 0.15) is 23.7 Å². The fourth-order valence-corrected chi connectivity index (χ4v) is 3.65. The van der Waals surface area contributed by atoms with Crippen molar-refractivity contribution >= 4 is 16.9 Å². The highest BCUT2D eigenvalue weighted by molar-refractivity contribution is 5.79. The summed E-state index contributed by atoms with van der Waals surface area (Å²) >= 11 is 0. The van der Waals surface area contributed by atoms with Crippen LogP contribution in [0.5, 0.6) is 5.75 Å². The highest BCUT2D eigenvalue weighted by Crippen LogP contribution is 2.29. The zero-order chi connectivity index (χ0) is 18.1. The van der Waals surface area contributed by atoms with E-state index in [0.717, 1.165) is 47.7 Å². The second kappa shape index (κ2) is 6.78. The van der Waals surface area contributed by atoms with Crippen LogP contribution >= 0.6 is 0 Å². The van der Waals surface area contributed by atoms with Gasteiger partial charge in [0, 0.05) is 32.3 Å². The van der Waals surface area contributed by atoms with Gasteiger partial charge in [0.15, 0.2) is 0 Å². The van der Waals surface area contributed by atoms with Gasteiger partial charge in [0.25, 0.3) is 0 Å². The molecule has 26 heavy (non-hydrogen) atoms. The Labute approximate surface area is 152 Å². The number of methoxy groups -OCH3 is 1. The third-order valence-corrected chi connectivity index (χ3v) is 5.14. The number of aryl methyl sites for hydroxylation is 1. The number of benzene rings is 1. The van der Waals surface area contributed by atoms with Gasteiger partial charge < -0.3 is 14.2 Å². The number of fused-ring (bicyclic) bond motifs is 1. The molecule has 1 aliphatic rings. The van der Waals surface area contributed by atoms with E-state index in [2.05, 4.69) is 9.55 Å². The highest BCUT2D eigenvalue weighted by Gasteiger charge is 2.30. The normalized spacial score (nSPS) is 17.0. The van der Waals surface area contributed by atoms with Gasteiger partial charge in [-0.05, 0) is 30.2 Å². The molecule has 0 N–H and O–H groups in total. The molecular weight excluding hydrogens is 328 g/mol. The van der Waals surface area contributed by atoms with Crippen molar-refractivity contribution in [1.29, 1.82) is 0 Å².